The number of hydrogen-bond acceptors (Lipinski definition) is 6. The highest BCUT2D eigenvalue weighted by molar-refractivity contribution is 6.02. The maximum absolute atomic E-state index is 12.3. The first kappa shape index (κ1) is 18.9. The van der Waals surface area contributed by atoms with Gasteiger partial charge in [0.05, 0.1) is 12.7 Å². The predicted octanol–water partition coefficient (Wildman–Crippen LogP) is 5.27. The Kier molecular flexibility index (Phi) is 5.16. The lowest BCUT2D eigenvalue weighted by molar-refractivity contribution is 0.0992. The molecule has 0 fully saturated rings. The molecule has 2 aromatic carbocycles. The number of fused-ring (bicyclic) bond motifs is 1. The molecular weight excluding hydrogens is 366 g/mol. The molecule has 0 saturated carbocycles. The van der Waals surface area contributed by atoms with Gasteiger partial charge in [0, 0.05) is 23.9 Å². The summed E-state index contributed by atoms with van der Waals surface area (Å²) >= 11 is 0. The molecule has 1 N–H and O–H groups in total. The minimum Gasteiger partial charge on any atom is -0.497 e. The van der Waals surface area contributed by atoms with Crippen LogP contribution in [0.25, 0.3) is 0 Å². The summed E-state index contributed by atoms with van der Waals surface area (Å²) in [5.74, 6) is 2.51. The zero-order valence-electron chi connectivity index (χ0n) is 16.7. The standard InChI is InChI=1S/C23H23N3O3/c1-14(2)18-13-24-23(25-16-8-10-17(28-3)11-9-16)26-22(18)29-20-6-4-5-15-7-12-19(27)21(15)20/h4-6,8-11,13-14H,7,12H2,1-3H3,(H,24,25,26). The molecule has 0 bridgehead atoms. The number of hydrogen-bond donors (Lipinski definition) is 1. The van der Waals surface area contributed by atoms with E-state index in [2.05, 4.69) is 29.1 Å². The Bertz CT molecular complexity index is 1050. The Hall–Kier alpha value is -3.41. The summed E-state index contributed by atoms with van der Waals surface area (Å²) in [4.78, 5) is 21.3. The third kappa shape index (κ3) is 3.92. The van der Waals surface area contributed by atoms with E-state index in [9.17, 15) is 4.79 Å². The fourth-order valence-electron chi connectivity index (χ4n) is 3.38. The van der Waals surface area contributed by atoms with Crippen LogP contribution in [0.1, 0.15) is 47.7 Å². The molecule has 0 radical (unpaired) electrons. The summed E-state index contributed by atoms with van der Waals surface area (Å²) in [7, 11) is 1.63. The molecule has 0 spiro atoms. The molecule has 6 heteroatoms. The van der Waals surface area contributed by atoms with Gasteiger partial charge in [-0.2, -0.15) is 4.98 Å². The van der Waals surface area contributed by atoms with Gasteiger partial charge in [-0.05, 0) is 48.2 Å². The lowest BCUT2D eigenvalue weighted by Crippen LogP contribution is -2.05. The van der Waals surface area contributed by atoms with E-state index < -0.39 is 0 Å². The van der Waals surface area contributed by atoms with Crippen LogP contribution in [0.2, 0.25) is 0 Å². The minimum atomic E-state index is 0.118. The Morgan fingerprint density at radius 3 is 2.59 bits per heavy atom. The SMILES string of the molecule is COc1ccc(Nc2ncc(C(C)C)c(Oc3cccc4c3C(=O)CC4)n2)cc1. The molecule has 0 unspecified atom stereocenters. The maximum atomic E-state index is 12.3. The molecule has 4 rings (SSSR count). The summed E-state index contributed by atoms with van der Waals surface area (Å²) in [6, 6.07) is 13.2. The molecular formula is C23H23N3O3. The number of ketones is 1. The average Bonchev–Trinajstić information content (AvgIpc) is 3.10. The second kappa shape index (κ2) is 7.91. The van der Waals surface area contributed by atoms with Gasteiger partial charge in [-0.3, -0.25) is 4.79 Å². The number of rotatable bonds is 6. The van der Waals surface area contributed by atoms with Crippen molar-refractivity contribution < 1.29 is 14.3 Å². The third-order valence-electron chi connectivity index (χ3n) is 4.97. The quantitative estimate of drug-likeness (QED) is 0.619. The van der Waals surface area contributed by atoms with Gasteiger partial charge in [0.1, 0.15) is 11.5 Å². The second-order valence-electron chi connectivity index (χ2n) is 7.28. The van der Waals surface area contributed by atoms with Crippen molar-refractivity contribution in [2.75, 3.05) is 12.4 Å². The normalized spacial score (nSPS) is 12.8. The van der Waals surface area contributed by atoms with Crippen LogP contribution < -0.4 is 14.8 Å². The molecule has 29 heavy (non-hydrogen) atoms. The van der Waals surface area contributed by atoms with Crippen LogP contribution >= 0.6 is 0 Å². The molecule has 0 atom stereocenters. The van der Waals surface area contributed by atoms with Crippen molar-refractivity contribution >= 4 is 17.4 Å². The molecule has 1 aliphatic rings. The summed E-state index contributed by atoms with van der Waals surface area (Å²) < 4.78 is 11.4. The van der Waals surface area contributed by atoms with Crippen LogP contribution in [-0.4, -0.2) is 22.9 Å². The summed E-state index contributed by atoms with van der Waals surface area (Å²) in [5, 5.41) is 3.18. The van der Waals surface area contributed by atoms with Gasteiger partial charge in [0.25, 0.3) is 0 Å². The Balaban J connectivity index is 1.66. The van der Waals surface area contributed by atoms with Crippen molar-refractivity contribution in [2.24, 2.45) is 0 Å². The topological polar surface area (TPSA) is 73.3 Å². The number of Topliss-reactive ketones (excluding diaryl/α,β-unsaturated/α-hetero) is 1. The Morgan fingerprint density at radius 1 is 1.07 bits per heavy atom. The van der Waals surface area contributed by atoms with Crippen LogP contribution in [-0.2, 0) is 6.42 Å². The number of anilines is 2. The number of carbonyl (C=O) groups excluding carboxylic acids is 1. The van der Waals surface area contributed by atoms with Crippen LogP contribution in [0.5, 0.6) is 17.4 Å². The van der Waals surface area contributed by atoms with Gasteiger partial charge in [-0.1, -0.05) is 26.0 Å². The van der Waals surface area contributed by atoms with Crippen molar-refractivity contribution in [3.8, 4) is 17.4 Å². The lowest BCUT2D eigenvalue weighted by atomic mass is 10.1. The van der Waals surface area contributed by atoms with Crippen molar-refractivity contribution in [1.82, 2.24) is 9.97 Å². The van der Waals surface area contributed by atoms with Crippen molar-refractivity contribution in [3.63, 3.8) is 0 Å². The van der Waals surface area contributed by atoms with E-state index in [1.165, 1.54) is 0 Å². The van der Waals surface area contributed by atoms with Gasteiger partial charge in [-0.15, -0.1) is 0 Å². The largest absolute Gasteiger partial charge is 0.497 e. The maximum Gasteiger partial charge on any atom is 0.230 e. The van der Waals surface area contributed by atoms with Crippen molar-refractivity contribution in [3.05, 3.63) is 65.4 Å². The van der Waals surface area contributed by atoms with Crippen molar-refractivity contribution in [1.29, 1.82) is 0 Å². The predicted molar refractivity (Wildman–Crippen MR) is 112 cm³/mol. The van der Waals surface area contributed by atoms with E-state index in [0.29, 0.717) is 29.6 Å². The van der Waals surface area contributed by atoms with E-state index in [1.54, 1.807) is 13.3 Å². The van der Waals surface area contributed by atoms with Gasteiger partial charge < -0.3 is 14.8 Å². The molecule has 1 heterocycles. The number of nitrogens with zero attached hydrogens (tertiary/aromatic N) is 2. The fourth-order valence-corrected chi connectivity index (χ4v) is 3.38. The number of ether oxygens (including phenoxy) is 2. The molecule has 3 aromatic rings. The molecule has 0 saturated heterocycles. The monoisotopic (exact) mass is 389 g/mol. The summed E-state index contributed by atoms with van der Waals surface area (Å²) in [5.41, 5.74) is 3.42. The van der Waals surface area contributed by atoms with Crippen LogP contribution in [0.3, 0.4) is 0 Å². The summed E-state index contributed by atoms with van der Waals surface area (Å²) in [6.07, 6.45) is 3.06. The molecule has 1 aromatic heterocycles. The fraction of sp³-hybridized carbons (Fsp3) is 0.261. The molecule has 1 aliphatic carbocycles. The molecule has 0 amide bonds. The van der Waals surface area contributed by atoms with E-state index in [0.717, 1.165) is 29.0 Å². The highest BCUT2D eigenvalue weighted by Crippen LogP contribution is 2.36. The number of aryl methyl sites for hydroxylation is 1. The van der Waals surface area contributed by atoms with E-state index in [4.69, 9.17) is 9.47 Å². The number of carbonyl (C=O) groups is 1. The lowest BCUT2D eigenvalue weighted by Gasteiger charge is -2.15. The van der Waals surface area contributed by atoms with Gasteiger partial charge in [-0.25, -0.2) is 4.98 Å². The van der Waals surface area contributed by atoms with E-state index >= 15 is 0 Å². The number of aromatic nitrogens is 2. The highest BCUT2D eigenvalue weighted by Gasteiger charge is 2.25. The molecule has 6 nitrogen and oxygen atoms in total. The van der Waals surface area contributed by atoms with E-state index in [-0.39, 0.29) is 11.7 Å². The van der Waals surface area contributed by atoms with Gasteiger partial charge in [0.15, 0.2) is 5.78 Å². The van der Waals surface area contributed by atoms with Crippen LogP contribution in [0.15, 0.2) is 48.7 Å². The second-order valence-corrected chi connectivity index (χ2v) is 7.28. The first-order valence-corrected chi connectivity index (χ1v) is 9.66. The highest BCUT2D eigenvalue weighted by atomic mass is 16.5. The molecule has 0 aliphatic heterocycles. The number of nitrogens with one attached hydrogen (secondary N) is 1. The zero-order chi connectivity index (χ0) is 20.4. The first-order valence-electron chi connectivity index (χ1n) is 9.66. The average molecular weight is 389 g/mol. The van der Waals surface area contributed by atoms with Gasteiger partial charge in [0.2, 0.25) is 11.8 Å². The van der Waals surface area contributed by atoms with Crippen molar-refractivity contribution in [2.45, 2.75) is 32.6 Å². The Labute approximate surface area is 169 Å². The van der Waals surface area contributed by atoms with Crippen LogP contribution in [0.4, 0.5) is 11.6 Å². The smallest absolute Gasteiger partial charge is 0.230 e. The minimum absolute atomic E-state index is 0.118. The van der Waals surface area contributed by atoms with E-state index in [1.807, 2.05) is 42.5 Å². The third-order valence-corrected chi connectivity index (χ3v) is 4.97. The number of methoxy groups -OCH3 is 1. The molecule has 148 valence electrons. The van der Waals surface area contributed by atoms with Crippen LogP contribution in [0, 0.1) is 0 Å². The Morgan fingerprint density at radius 2 is 1.86 bits per heavy atom. The zero-order valence-corrected chi connectivity index (χ0v) is 16.7. The number of benzene rings is 2. The van der Waals surface area contributed by atoms with Gasteiger partial charge >= 0.3 is 0 Å². The summed E-state index contributed by atoms with van der Waals surface area (Å²) in [6.45, 7) is 4.12. The first-order chi connectivity index (χ1) is 14.0.